The fraction of sp³-hybridized carbons (Fsp3) is 0.571. The predicted octanol–water partition coefficient (Wildman–Crippen LogP) is 1.51. The molecule has 2 aromatic heterocycles. The van der Waals surface area contributed by atoms with Gasteiger partial charge in [-0.3, -0.25) is 0 Å². The van der Waals surface area contributed by atoms with E-state index in [2.05, 4.69) is 20.2 Å². The number of nitrogens with one attached hydrogen (secondary N) is 1. The molecule has 0 aliphatic carbocycles. The summed E-state index contributed by atoms with van der Waals surface area (Å²) in [7, 11) is 0. The van der Waals surface area contributed by atoms with Crippen molar-refractivity contribution in [1.29, 1.82) is 0 Å². The van der Waals surface area contributed by atoms with Crippen LogP contribution in [0.5, 0.6) is 0 Å². The van der Waals surface area contributed by atoms with Crippen LogP contribution in [0.2, 0.25) is 0 Å². The van der Waals surface area contributed by atoms with Crippen LogP contribution in [-0.4, -0.2) is 44.7 Å². The molecule has 6 heteroatoms. The lowest BCUT2D eigenvalue weighted by Crippen LogP contribution is -2.46. The van der Waals surface area contributed by atoms with Crippen molar-refractivity contribution in [3.8, 4) is 0 Å². The van der Waals surface area contributed by atoms with Gasteiger partial charge in [0.2, 0.25) is 0 Å². The van der Waals surface area contributed by atoms with E-state index < -0.39 is 5.60 Å². The fourth-order valence-electron chi connectivity index (χ4n) is 2.79. The van der Waals surface area contributed by atoms with Crippen molar-refractivity contribution in [2.45, 2.75) is 32.3 Å². The van der Waals surface area contributed by atoms with Crippen LogP contribution in [0.4, 0.5) is 11.6 Å². The molecular formula is C14H21N5O. The first-order valence-electron chi connectivity index (χ1n) is 7.14. The Labute approximate surface area is 118 Å². The highest BCUT2D eigenvalue weighted by Gasteiger charge is 2.30. The third-order valence-corrected chi connectivity index (χ3v) is 3.69. The summed E-state index contributed by atoms with van der Waals surface area (Å²) < 4.78 is 1.98. The highest BCUT2D eigenvalue weighted by atomic mass is 16.3. The minimum absolute atomic E-state index is 0.595. The molecule has 6 nitrogen and oxygen atoms in total. The molecule has 0 spiro atoms. The summed E-state index contributed by atoms with van der Waals surface area (Å²) in [5.74, 6) is 1.67. The first-order chi connectivity index (χ1) is 9.59. The fourth-order valence-corrected chi connectivity index (χ4v) is 2.79. The van der Waals surface area contributed by atoms with Crippen molar-refractivity contribution in [2.75, 3.05) is 29.9 Å². The maximum absolute atomic E-state index is 10.3. The van der Waals surface area contributed by atoms with E-state index in [1.807, 2.05) is 30.6 Å². The van der Waals surface area contributed by atoms with Gasteiger partial charge in [-0.05, 0) is 26.7 Å². The molecule has 108 valence electrons. The standard InChI is InChI=1S/C14H21N5O/c1-3-15-11-9-18-8-6-16-12(18)13(17-11)19-7-4-5-14(2,20)10-19/h6,8-9,15,20H,3-5,7,10H2,1-2H3. The third kappa shape index (κ3) is 2.43. The van der Waals surface area contributed by atoms with E-state index in [0.29, 0.717) is 6.54 Å². The van der Waals surface area contributed by atoms with Gasteiger partial charge in [0, 0.05) is 32.0 Å². The number of β-amino-alcohol motifs (C(OH)–C–C–N with tert-alkyl or cyclic N) is 1. The zero-order valence-corrected chi connectivity index (χ0v) is 12.0. The highest BCUT2D eigenvalue weighted by Crippen LogP contribution is 2.27. The quantitative estimate of drug-likeness (QED) is 0.889. The van der Waals surface area contributed by atoms with E-state index in [-0.39, 0.29) is 0 Å². The van der Waals surface area contributed by atoms with Crippen LogP contribution in [0.1, 0.15) is 26.7 Å². The Morgan fingerprint density at radius 2 is 2.35 bits per heavy atom. The van der Waals surface area contributed by atoms with Gasteiger partial charge in [-0.1, -0.05) is 0 Å². The molecule has 1 fully saturated rings. The van der Waals surface area contributed by atoms with E-state index in [1.165, 1.54) is 0 Å². The number of nitrogens with zero attached hydrogens (tertiary/aromatic N) is 4. The van der Waals surface area contributed by atoms with Crippen LogP contribution in [0.15, 0.2) is 18.6 Å². The number of hydrogen-bond donors (Lipinski definition) is 2. The Balaban J connectivity index is 2.02. The van der Waals surface area contributed by atoms with Crippen molar-refractivity contribution < 1.29 is 5.11 Å². The van der Waals surface area contributed by atoms with E-state index in [9.17, 15) is 5.11 Å². The van der Waals surface area contributed by atoms with Gasteiger partial charge >= 0.3 is 0 Å². The zero-order chi connectivity index (χ0) is 14.2. The molecule has 1 atom stereocenters. The van der Waals surface area contributed by atoms with Crippen LogP contribution < -0.4 is 10.2 Å². The van der Waals surface area contributed by atoms with Gasteiger partial charge in [0.25, 0.3) is 0 Å². The molecule has 2 aromatic rings. The Kier molecular flexibility index (Phi) is 3.25. The Morgan fingerprint density at radius 1 is 1.50 bits per heavy atom. The number of anilines is 2. The van der Waals surface area contributed by atoms with Crippen LogP contribution in [0.3, 0.4) is 0 Å². The predicted molar refractivity (Wildman–Crippen MR) is 79.2 cm³/mol. The lowest BCUT2D eigenvalue weighted by Gasteiger charge is -2.37. The molecule has 1 aliphatic heterocycles. The monoisotopic (exact) mass is 275 g/mol. The summed E-state index contributed by atoms with van der Waals surface area (Å²) in [4.78, 5) is 11.2. The van der Waals surface area contributed by atoms with Crippen molar-refractivity contribution in [2.24, 2.45) is 0 Å². The molecule has 2 N–H and O–H groups in total. The first kappa shape index (κ1) is 13.2. The largest absolute Gasteiger partial charge is 0.388 e. The number of fused-ring (bicyclic) bond motifs is 1. The first-order valence-corrected chi connectivity index (χ1v) is 7.14. The molecule has 1 saturated heterocycles. The van der Waals surface area contributed by atoms with E-state index >= 15 is 0 Å². The van der Waals surface area contributed by atoms with Crippen LogP contribution in [-0.2, 0) is 0 Å². The van der Waals surface area contributed by atoms with Gasteiger partial charge in [0.15, 0.2) is 11.5 Å². The summed E-state index contributed by atoms with van der Waals surface area (Å²) in [6, 6.07) is 0. The average molecular weight is 275 g/mol. The highest BCUT2D eigenvalue weighted by molar-refractivity contribution is 5.67. The molecule has 20 heavy (non-hydrogen) atoms. The SMILES string of the molecule is CCNc1cn2ccnc2c(N2CCCC(C)(O)C2)n1. The summed E-state index contributed by atoms with van der Waals surface area (Å²) in [5.41, 5.74) is 0.182. The number of piperidine rings is 1. The van der Waals surface area contributed by atoms with Crippen molar-refractivity contribution in [1.82, 2.24) is 14.4 Å². The number of aliphatic hydroxyl groups is 1. The van der Waals surface area contributed by atoms with E-state index in [4.69, 9.17) is 0 Å². The van der Waals surface area contributed by atoms with Crippen molar-refractivity contribution in [3.05, 3.63) is 18.6 Å². The van der Waals surface area contributed by atoms with Gasteiger partial charge in [-0.15, -0.1) is 0 Å². The second-order valence-corrected chi connectivity index (χ2v) is 5.66. The molecule has 0 saturated carbocycles. The molecule has 0 aromatic carbocycles. The average Bonchev–Trinajstić information content (AvgIpc) is 2.85. The van der Waals surface area contributed by atoms with E-state index in [1.54, 1.807) is 6.20 Å². The van der Waals surface area contributed by atoms with Crippen LogP contribution in [0.25, 0.3) is 5.65 Å². The molecule has 0 amide bonds. The lowest BCUT2D eigenvalue weighted by molar-refractivity contribution is 0.0448. The number of rotatable bonds is 3. The molecule has 1 unspecified atom stereocenters. The van der Waals surface area contributed by atoms with Crippen molar-refractivity contribution in [3.63, 3.8) is 0 Å². The summed E-state index contributed by atoms with van der Waals surface area (Å²) in [5, 5.41) is 13.5. The maximum Gasteiger partial charge on any atom is 0.180 e. The van der Waals surface area contributed by atoms with Crippen LogP contribution in [0, 0.1) is 0 Å². The van der Waals surface area contributed by atoms with E-state index in [0.717, 1.165) is 43.2 Å². The van der Waals surface area contributed by atoms with Gasteiger partial charge in [0.05, 0.1) is 11.8 Å². The normalized spacial score (nSPS) is 23.2. The third-order valence-electron chi connectivity index (χ3n) is 3.69. The minimum atomic E-state index is -0.655. The van der Waals surface area contributed by atoms with Crippen molar-refractivity contribution >= 4 is 17.3 Å². The van der Waals surface area contributed by atoms with Gasteiger partial charge in [-0.25, -0.2) is 9.97 Å². The van der Waals surface area contributed by atoms with Gasteiger partial charge in [-0.2, -0.15) is 0 Å². The maximum atomic E-state index is 10.3. The zero-order valence-electron chi connectivity index (χ0n) is 12.0. The molecule has 1 aliphatic rings. The number of aromatic nitrogens is 3. The topological polar surface area (TPSA) is 65.7 Å². The number of imidazole rings is 1. The molecular weight excluding hydrogens is 254 g/mol. The molecule has 0 radical (unpaired) electrons. The van der Waals surface area contributed by atoms with Crippen LogP contribution >= 0.6 is 0 Å². The Morgan fingerprint density at radius 3 is 3.10 bits per heavy atom. The smallest absolute Gasteiger partial charge is 0.180 e. The second-order valence-electron chi connectivity index (χ2n) is 5.66. The summed E-state index contributed by atoms with van der Waals surface area (Å²) in [6.45, 7) is 6.25. The summed E-state index contributed by atoms with van der Waals surface area (Å²) >= 11 is 0. The van der Waals surface area contributed by atoms with Gasteiger partial charge < -0.3 is 19.7 Å². The Bertz CT molecular complexity index is 607. The lowest BCUT2D eigenvalue weighted by atomic mass is 9.95. The molecule has 3 heterocycles. The molecule has 0 bridgehead atoms. The van der Waals surface area contributed by atoms with Gasteiger partial charge in [0.1, 0.15) is 5.82 Å². The summed E-state index contributed by atoms with van der Waals surface area (Å²) in [6.07, 6.45) is 7.44. The second kappa shape index (κ2) is 4.94. The molecule has 3 rings (SSSR count). The minimum Gasteiger partial charge on any atom is -0.388 e. The Hall–Kier alpha value is -1.82. The number of hydrogen-bond acceptors (Lipinski definition) is 5.